The van der Waals surface area contributed by atoms with Crippen LogP contribution in [0.4, 0.5) is 0 Å². The SMILES string of the molecule is CC(C)(C)C(c1ccc2ccc3cccnc3c2n1)C(C)(C)C. The van der Waals surface area contributed by atoms with Crippen LogP contribution in [-0.4, -0.2) is 9.97 Å². The quantitative estimate of drug-likeness (QED) is 0.518. The molecule has 3 rings (SSSR count). The van der Waals surface area contributed by atoms with Crippen LogP contribution in [0.5, 0.6) is 0 Å². The lowest BCUT2D eigenvalue weighted by Gasteiger charge is -2.40. The average Bonchev–Trinajstić information content (AvgIpc) is 2.44. The van der Waals surface area contributed by atoms with E-state index in [-0.39, 0.29) is 10.8 Å². The van der Waals surface area contributed by atoms with E-state index < -0.39 is 0 Å². The van der Waals surface area contributed by atoms with Gasteiger partial charge in [0.15, 0.2) is 0 Å². The molecular weight excluding hydrogens is 280 g/mol. The minimum atomic E-state index is 0.150. The molecule has 0 N–H and O–H groups in total. The van der Waals surface area contributed by atoms with E-state index >= 15 is 0 Å². The van der Waals surface area contributed by atoms with Gasteiger partial charge < -0.3 is 0 Å². The van der Waals surface area contributed by atoms with Crippen LogP contribution in [-0.2, 0) is 0 Å². The van der Waals surface area contributed by atoms with Crippen molar-refractivity contribution in [1.29, 1.82) is 0 Å². The highest BCUT2D eigenvalue weighted by Gasteiger charge is 2.37. The Morgan fingerprint density at radius 3 is 1.91 bits per heavy atom. The number of nitrogens with zero attached hydrogens (tertiary/aromatic N) is 2. The van der Waals surface area contributed by atoms with Gasteiger partial charge in [-0.2, -0.15) is 0 Å². The molecule has 0 fully saturated rings. The fourth-order valence-corrected chi connectivity index (χ4v) is 4.09. The van der Waals surface area contributed by atoms with Crippen molar-refractivity contribution < 1.29 is 0 Å². The Balaban J connectivity index is 2.28. The number of aromatic nitrogens is 2. The van der Waals surface area contributed by atoms with E-state index in [1.807, 2.05) is 12.3 Å². The molecule has 2 aromatic heterocycles. The van der Waals surface area contributed by atoms with Crippen molar-refractivity contribution in [3.63, 3.8) is 0 Å². The molecule has 2 nitrogen and oxygen atoms in total. The first-order chi connectivity index (χ1) is 10.7. The molecule has 120 valence electrons. The largest absolute Gasteiger partial charge is 0.254 e. The fourth-order valence-electron chi connectivity index (χ4n) is 4.09. The second kappa shape index (κ2) is 5.30. The zero-order chi connectivity index (χ0) is 16.8. The highest BCUT2D eigenvalue weighted by atomic mass is 14.8. The molecule has 0 aliphatic carbocycles. The molecule has 0 saturated carbocycles. The third-order valence-corrected chi connectivity index (χ3v) is 4.48. The zero-order valence-electron chi connectivity index (χ0n) is 15.0. The molecule has 0 aliphatic rings. The molecule has 2 heterocycles. The Labute approximate surface area is 139 Å². The second-order valence-electron chi connectivity index (χ2n) is 8.61. The minimum absolute atomic E-state index is 0.150. The normalized spacial score (nSPS) is 13.2. The number of hydrogen-bond acceptors (Lipinski definition) is 2. The van der Waals surface area contributed by atoms with E-state index in [1.165, 1.54) is 0 Å². The molecule has 0 amide bonds. The minimum Gasteiger partial charge on any atom is -0.254 e. The second-order valence-corrected chi connectivity index (χ2v) is 8.61. The molecule has 3 aromatic rings. The van der Waals surface area contributed by atoms with Crippen LogP contribution in [0.2, 0.25) is 0 Å². The maximum Gasteiger partial charge on any atom is 0.0967 e. The molecular formula is C21H26N2. The van der Waals surface area contributed by atoms with E-state index in [0.717, 1.165) is 27.5 Å². The van der Waals surface area contributed by atoms with Crippen LogP contribution in [0.3, 0.4) is 0 Å². The van der Waals surface area contributed by atoms with Crippen molar-refractivity contribution >= 4 is 21.8 Å². The molecule has 0 atom stereocenters. The third kappa shape index (κ3) is 2.95. The van der Waals surface area contributed by atoms with Gasteiger partial charge in [0.05, 0.1) is 11.0 Å². The fraction of sp³-hybridized carbons (Fsp3) is 0.429. The lowest BCUT2D eigenvalue weighted by atomic mass is 9.65. The Morgan fingerprint density at radius 2 is 1.30 bits per heavy atom. The number of hydrogen-bond donors (Lipinski definition) is 0. The van der Waals surface area contributed by atoms with Crippen molar-refractivity contribution in [1.82, 2.24) is 9.97 Å². The predicted molar refractivity (Wildman–Crippen MR) is 98.7 cm³/mol. The molecule has 0 unspecified atom stereocenters. The highest BCUT2D eigenvalue weighted by Crippen LogP contribution is 2.47. The monoisotopic (exact) mass is 306 g/mol. The predicted octanol–water partition coefficient (Wildman–Crippen LogP) is 5.96. The van der Waals surface area contributed by atoms with Gasteiger partial charge in [0, 0.05) is 28.6 Å². The van der Waals surface area contributed by atoms with E-state index in [1.54, 1.807) is 0 Å². The molecule has 0 aliphatic heterocycles. The summed E-state index contributed by atoms with van der Waals surface area (Å²) in [5.74, 6) is 0.373. The summed E-state index contributed by atoms with van der Waals surface area (Å²) < 4.78 is 0. The lowest BCUT2D eigenvalue weighted by molar-refractivity contribution is 0.172. The van der Waals surface area contributed by atoms with Crippen LogP contribution in [0, 0.1) is 10.8 Å². The van der Waals surface area contributed by atoms with Crippen LogP contribution < -0.4 is 0 Å². The molecule has 0 bridgehead atoms. The highest BCUT2D eigenvalue weighted by molar-refractivity contribution is 6.02. The van der Waals surface area contributed by atoms with Crippen LogP contribution in [0.1, 0.15) is 53.2 Å². The maximum atomic E-state index is 5.07. The van der Waals surface area contributed by atoms with Crippen molar-refractivity contribution in [2.75, 3.05) is 0 Å². The van der Waals surface area contributed by atoms with Gasteiger partial charge in [0.1, 0.15) is 0 Å². The topological polar surface area (TPSA) is 25.8 Å². The third-order valence-electron chi connectivity index (χ3n) is 4.48. The average molecular weight is 306 g/mol. The first-order valence-electron chi connectivity index (χ1n) is 8.32. The van der Waals surface area contributed by atoms with E-state index in [0.29, 0.717) is 5.92 Å². The summed E-state index contributed by atoms with van der Waals surface area (Å²) in [4.78, 5) is 9.65. The van der Waals surface area contributed by atoms with Crippen LogP contribution >= 0.6 is 0 Å². The lowest BCUT2D eigenvalue weighted by Crippen LogP contribution is -2.31. The summed E-state index contributed by atoms with van der Waals surface area (Å²) in [5.41, 5.74) is 3.47. The van der Waals surface area contributed by atoms with Gasteiger partial charge in [-0.05, 0) is 23.0 Å². The number of benzene rings is 1. The Bertz CT molecular complexity index is 837. The van der Waals surface area contributed by atoms with E-state index in [4.69, 9.17) is 4.98 Å². The van der Waals surface area contributed by atoms with Crippen LogP contribution in [0.25, 0.3) is 21.8 Å². The molecule has 2 heteroatoms. The Morgan fingerprint density at radius 1 is 0.739 bits per heavy atom. The van der Waals surface area contributed by atoms with Gasteiger partial charge in [0.25, 0.3) is 0 Å². The molecule has 1 aromatic carbocycles. The first-order valence-corrected chi connectivity index (χ1v) is 8.32. The number of rotatable bonds is 1. The zero-order valence-corrected chi connectivity index (χ0v) is 15.0. The van der Waals surface area contributed by atoms with Gasteiger partial charge >= 0.3 is 0 Å². The van der Waals surface area contributed by atoms with Gasteiger partial charge in [-0.25, -0.2) is 0 Å². The number of fused-ring (bicyclic) bond motifs is 3. The maximum absolute atomic E-state index is 5.07. The van der Waals surface area contributed by atoms with Gasteiger partial charge in [-0.1, -0.05) is 65.8 Å². The van der Waals surface area contributed by atoms with Gasteiger partial charge in [-0.15, -0.1) is 0 Å². The molecule has 0 spiro atoms. The standard InChI is InChI=1S/C21H26N2/c1-20(2,3)19(21(4,5)6)16-12-11-15-10-9-14-8-7-13-22-17(14)18(15)23-16/h7-13,19H,1-6H3. The Hall–Kier alpha value is -1.96. The first kappa shape index (κ1) is 15.9. The van der Waals surface area contributed by atoms with Crippen molar-refractivity contribution in [2.24, 2.45) is 10.8 Å². The van der Waals surface area contributed by atoms with Crippen molar-refractivity contribution in [2.45, 2.75) is 47.5 Å². The molecule has 23 heavy (non-hydrogen) atoms. The van der Waals surface area contributed by atoms with E-state index in [2.05, 4.69) is 76.9 Å². The Kier molecular flexibility index (Phi) is 3.66. The van der Waals surface area contributed by atoms with Gasteiger partial charge in [-0.3, -0.25) is 9.97 Å². The molecule has 0 radical (unpaired) electrons. The van der Waals surface area contributed by atoms with Crippen molar-refractivity contribution in [3.05, 3.63) is 48.3 Å². The van der Waals surface area contributed by atoms with Gasteiger partial charge in [0.2, 0.25) is 0 Å². The van der Waals surface area contributed by atoms with Crippen molar-refractivity contribution in [3.8, 4) is 0 Å². The summed E-state index contributed by atoms with van der Waals surface area (Å²) in [7, 11) is 0. The summed E-state index contributed by atoms with van der Waals surface area (Å²) in [6.07, 6.45) is 1.85. The van der Waals surface area contributed by atoms with E-state index in [9.17, 15) is 0 Å². The molecule has 0 saturated heterocycles. The summed E-state index contributed by atoms with van der Waals surface area (Å²) >= 11 is 0. The summed E-state index contributed by atoms with van der Waals surface area (Å²) in [6, 6.07) is 12.7. The van der Waals surface area contributed by atoms with Crippen LogP contribution in [0.15, 0.2) is 42.6 Å². The summed E-state index contributed by atoms with van der Waals surface area (Å²) in [6.45, 7) is 13.8. The summed E-state index contributed by atoms with van der Waals surface area (Å²) in [5, 5.41) is 2.30. The smallest absolute Gasteiger partial charge is 0.0967 e. The number of pyridine rings is 2.